The molecule has 43 heavy (non-hydrogen) atoms. The Bertz CT molecular complexity index is 1350. The summed E-state index contributed by atoms with van der Waals surface area (Å²) in [5, 5.41) is 0. The molecule has 3 rings (SSSR count). The summed E-state index contributed by atoms with van der Waals surface area (Å²) in [6.45, 7) is 24.5. The van der Waals surface area contributed by atoms with Gasteiger partial charge in [-0.25, -0.2) is 0 Å². The van der Waals surface area contributed by atoms with E-state index in [1.54, 1.807) is 5.57 Å². The first-order valence-corrected chi connectivity index (χ1v) is 16.5. The summed E-state index contributed by atoms with van der Waals surface area (Å²) in [6, 6.07) is 4.19. The van der Waals surface area contributed by atoms with Gasteiger partial charge < -0.3 is 0 Å². The van der Waals surface area contributed by atoms with Gasteiger partial charge in [0.2, 0.25) is 0 Å². The maximum absolute atomic E-state index is 4.56. The number of rotatable bonds is 9. The van der Waals surface area contributed by atoms with Crippen LogP contribution in [0.15, 0.2) is 112 Å². The summed E-state index contributed by atoms with van der Waals surface area (Å²) in [5.74, 6) is 0. The Morgan fingerprint density at radius 3 is 1.72 bits per heavy atom. The molecule has 0 unspecified atom stereocenters. The topological polar surface area (TPSA) is 12.9 Å². The number of hydrogen-bond acceptors (Lipinski definition) is 1. The third-order valence-electron chi connectivity index (χ3n) is 8.66. The van der Waals surface area contributed by atoms with Crippen molar-refractivity contribution in [2.75, 3.05) is 0 Å². The molecule has 2 aliphatic rings. The van der Waals surface area contributed by atoms with Crippen molar-refractivity contribution in [1.29, 1.82) is 0 Å². The van der Waals surface area contributed by atoms with E-state index in [1.165, 1.54) is 72.0 Å². The van der Waals surface area contributed by atoms with Crippen molar-refractivity contribution >= 4 is 12.2 Å². The molecule has 1 heterocycles. The van der Waals surface area contributed by atoms with Gasteiger partial charge in [-0.05, 0) is 124 Å². The predicted molar refractivity (Wildman–Crippen MR) is 194 cm³/mol. The largest absolute Gasteiger partial charge is 0.257 e. The molecule has 0 radical (unpaired) electrons. The molecule has 0 spiro atoms. The lowest BCUT2D eigenvalue weighted by Crippen LogP contribution is -2.19. The van der Waals surface area contributed by atoms with E-state index >= 15 is 0 Å². The van der Waals surface area contributed by atoms with Crippen molar-refractivity contribution in [3.05, 3.63) is 123 Å². The lowest BCUT2D eigenvalue weighted by atomic mass is 9.72. The molecule has 1 nitrogen and oxygen atoms in total. The second-order valence-electron chi connectivity index (χ2n) is 13.5. The minimum Gasteiger partial charge on any atom is -0.257 e. The Labute approximate surface area is 265 Å². The molecule has 1 aromatic rings. The molecule has 0 amide bonds. The molecule has 1 heteroatoms. The second kappa shape index (κ2) is 17.2. The van der Waals surface area contributed by atoms with Crippen LogP contribution in [0.25, 0.3) is 12.2 Å². The van der Waals surface area contributed by atoms with Gasteiger partial charge in [0, 0.05) is 6.20 Å². The molecule has 0 aliphatic heterocycles. The third-order valence-corrected chi connectivity index (χ3v) is 8.66. The molecule has 0 atom stereocenters. The molecule has 0 saturated heterocycles. The average Bonchev–Trinajstić information content (AvgIpc) is 2.93. The standard InChI is InChI=1S/C40H53N.C2H6/c1-30(20-22-37-33(4)17-12-25-39(37,6)7)14-10-16-32(3)28-36-29-35(24-27-41-36)19-11-15-31(2)21-23-38-34(5)18-13-26-40(38,8)9;1-2/h10-11,14-16,19-24,27-29H,12-13,17-18,25-26H2,1-9H3;1-2H3/b16-10+,19-11+,22-20+,23-21+,30-14+,31-15+,32-28+;. The number of aromatic nitrogens is 1. The van der Waals surface area contributed by atoms with Crippen LogP contribution >= 0.6 is 0 Å². The van der Waals surface area contributed by atoms with E-state index in [1.807, 2.05) is 20.0 Å². The first kappa shape index (κ1) is 36.0. The van der Waals surface area contributed by atoms with Crippen LogP contribution in [-0.2, 0) is 0 Å². The van der Waals surface area contributed by atoms with Crippen LogP contribution in [0, 0.1) is 10.8 Å². The van der Waals surface area contributed by atoms with Gasteiger partial charge in [-0.3, -0.25) is 4.98 Å². The number of pyridine rings is 1. The van der Waals surface area contributed by atoms with Crippen molar-refractivity contribution < 1.29 is 0 Å². The van der Waals surface area contributed by atoms with E-state index in [0.29, 0.717) is 0 Å². The monoisotopic (exact) mass is 577 g/mol. The minimum absolute atomic E-state index is 0.276. The molecule has 0 N–H and O–H groups in total. The number of hydrogen-bond donors (Lipinski definition) is 0. The fourth-order valence-electron chi connectivity index (χ4n) is 6.15. The van der Waals surface area contributed by atoms with E-state index in [-0.39, 0.29) is 10.8 Å². The summed E-state index contributed by atoms with van der Waals surface area (Å²) < 4.78 is 0. The van der Waals surface area contributed by atoms with Crippen molar-refractivity contribution in [3.63, 3.8) is 0 Å². The van der Waals surface area contributed by atoms with Gasteiger partial charge in [-0.15, -0.1) is 0 Å². The molecular formula is C42H59N. The SMILES string of the molecule is CC.CC1=C(/C=C/C(C)=C/C=C/C(C)=C/c2cc(/C=C/C=C(C)/C=C/C3=C(C)CCCC3(C)C)ccn2)C(C)(C)CCC1. The van der Waals surface area contributed by atoms with E-state index < -0.39 is 0 Å². The first-order valence-electron chi connectivity index (χ1n) is 16.5. The zero-order valence-electron chi connectivity index (χ0n) is 29.3. The summed E-state index contributed by atoms with van der Waals surface area (Å²) in [7, 11) is 0. The summed E-state index contributed by atoms with van der Waals surface area (Å²) >= 11 is 0. The van der Waals surface area contributed by atoms with Gasteiger partial charge in [0.05, 0.1) is 5.69 Å². The lowest BCUT2D eigenvalue weighted by molar-refractivity contribution is 0.376. The second-order valence-corrected chi connectivity index (χ2v) is 13.5. The quantitative estimate of drug-likeness (QED) is 0.266. The summed E-state index contributed by atoms with van der Waals surface area (Å²) in [6.07, 6.45) is 33.8. The molecule has 0 aromatic carbocycles. The maximum Gasteiger partial charge on any atom is 0.0638 e. The third kappa shape index (κ3) is 11.8. The molecule has 0 saturated carbocycles. The number of allylic oxidation sites excluding steroid dienone is 16. The molecule has 2 aliphatic carbocycles. The minimum atomic E-state index is 0.276. The Kier molecular flexibility index (Phi) is 14.4. The fourth-order valence-corrected chi connectivity index (χ4v) is 6.15. The lowest BCUT2D eigenvalue weighted by Gasteiger charge is -2.33. The van der Waals surface area contributed by atoms with E-state index in [4.69, 9.17) is 0 Å². The summed E-state index contributed by atoms with van der Waals surface area (Å²) in [5.41, 5.74) is 12.5. The van der Waals surface area contributed by atoms with Crippen LogP contribution < -0.4 is 0 Å². The van der Waals surface area contributed by atoms with Crippen molar-refractivity contribution in [3.8, 4) is 0 Å². The van der Waals surface area contributed by atoms with Crippen LogP contribution in [0.4, 0.5) is 0 Å². The van der Waals surface area contributed by atoms with Crippen LogP contribution in [0.5, 0.6) is 0 Å². The van der Waals surface area contributed by atoms with E-state index in [9.17, 15) is 0 Å². The zero-order valence-corrected chi connectivity index (χ0v) is 29.3. The van der Waals surface area contributed by atoms with Crippen molar-refractivity contribution in [2.24, 2.45) is 10.8 Å². The predicted octanol–water partition coefficient (Wildman–Crippen LogP) is 13.1. The van der Waals surface area contributed by atoms with Gasteiger partial charge in [0.15, 0.2) is 0 Å². The smallest absolute Gasteiger partial charge is 0.0638 e. The van der Waals surface area contributed by atoms with Gasteiger partial charge in [-0.1, -0.05) is 125 Å². The zero-order chi connectivity index (χ0) is 32.0. The number of nitrogens with zero attached hydrogens (tertiary/aromatic N) is 1. The van der Waals surface area contributed by atoms with Crippen molar-refractivity contribution in [2.45, 2.75) is 115 Å². The fraction of sp³-hybridized carbons (Fsp3) is 0.452. The Morgan fingerprint density at radius 2 is 1.21 bits per heavy atom. The highest BCUT2D eigenvalue weighted by atomic mass is 14.7. The van der Waals surface area contributed by atoms with Crippen LogP contribution in [0.2, 0.25) is 0 Å². The van der Waals surface area contributed by atoms with E-state index in [0.717, 1.165) is 11.3 Å². The van der Waals surface area contributed by atoms with Gasteiger partial charge in [-0.2, -0.15) is 0 Å². The van der Waals surface area contributed by atoms with Crippen LogP contribution in [0.1, 0.15) is 126 Å². The maximum atomic E-state index is 4.56. The van der Waals surface area contributed by atoms with Gasteiger partial charge in [0.25, 0.3) is 0 Å². The Hall–Kier alpha value is -3.19. The average molecular weight is 578 g/mol. The highest BCUT2D eigenvalue weighted by Crippen LogP contribution is 2.41. The Balaban J connectivity index is 0.00000316. The molecule has 1 aromatic heterocycles. The Morgan fingerprint density at radius 1 is 0.698 bits per heavy atom. The van der Waals surface area contributed by atoms with Gasteiger partial charge >= 0.3 is 0 Å². The van der Waals surface area contributed by atoms with Crippen LogP contribution in [0.3, 0.4) is 0 Å². The highest BCUT2D eigenvalue weighted by molar-refractivity contribution is 5.58. The normalized spacial score (nSPS) is 20.1. The first-order chi connectivity index (χ1) is 20.4. The van der Waals surface area contributed by atoms with Crippen molar-refractivity contribution in [1.82, 2.24) is 4.98 Å². The van der Waals surface area contributed by atoms with Gasteiger partial charge in [0.1, 0.15) is 0 Å². The molecule has 232 valence electrons. The molecule has 0 fully saturated rings. The highest BCUT2D eigenvalue weighted by Gasteiger charge is 2.27. The van der Waals surface area contributed by atoms with E-state index in [2.05, 4.69) is 146 Å². The summed E-state index contributed by atoms with van der Waals surface area (Å²) in [4.78, 5) is 4.56. The molecular weight excluding hydrogens is 518 g/mol. The van der Waals surface area contributed by atoms with Crippen LogP contribution in [-0.4, -0.2) is 4.98 Å². The molecule has 0 bridgehead atoms.